The number of carbonyl (C=O) groups is 2. The molecule has 0 unspecified atom stereocenters. The number of carboxylic acids is 1. The third kappa shape index (κ3) is 11.9. The highest BCUT2D eigenvalue weighted by Gasteiger charge is 2.27. The molecule has 9 nitrogen and oxygen atoms in total. The van der Waals surface area contributed by atoms with E-state index in [-0.39, 0.29) is 17.9 Å². The van der Waals surface area contributed by atoms with E-state index in [1.165, 1.54) is 12.1 Å². The van der Waals surface area contributed by atoms with Crippen LogP contribution in [0.15, 0.2) is 54.6 Å². The van der Waals surface area contributed by atoms with E-state index >= 15 is 0 Å². The van der Waals surface area contributed by atoms with E-state index in [1.54, 1.807) is 42.5 Å². The molecule has 0 radical (unpaired) electrons. The first-order chi connectivity index (χ1) is 18.2. The summed E-state index contributed by atoms with van der Waals surface area (Å²) in [6.07, 6.45) is 7.51. The quantitative estimate of drug-likeness (QED) is 0.110. The SMILES string of the molecule is CCCCS(=O)(=O)N[C@@H](Cc1ccc(OCCCCCCN)cc1)C(=O)Oc1ccccc1/C=C\C(=O)O. The van der Waals surface area contributed by atoms with E-state index in [9.17, 15) is 18.0 Å². The van der Waals surface area contributed by atoms with Crippen LogP contribution < -0.4 is 19.9 Å². The number of carboxylic acid groups (broad SMARTS) is 1. The molecular weight excluding hydrogens is 508 g/mol. The average molecular weight is 547 g/mol. The Morgan fingerprint density at radius 3 is 2.42 bits per heavy atom. The number of nitrogens with one attached hydrogen (secondary N) is 1. The second kappa shape index (κ2) is 16.6. The zero-order chi connectivity index (χ0) is 27.8. The van der Waals surface area contributed by atoms with E-state index < -0.39 is 28.0 Å². The molecule has 0 fully saturated rings. The number of hydrogen-bond donors (Lipinski definition) is 3. The fraction of sp³-hybridized carbons (Fsp3) is 0.429. The molecule has 2 aromatic carbocycles. The largest absolute Gasteiger partial charge is 0.494 e. The van der Waals surface area contributed by atoms with Crippen molar-refractivity contribution in [2.75, 3.05) is 18.9 Å². The summed E-state index contributed by atoms with van der Waals surface area (Å²) < 4.78 is 39.1. The first-order valence-corrected chi connectivity index (χ1v) is 14.5. The zero-order valence-corrected chi connectivity index (χ0v) is 22.6. The van der Waals surface area contributed by atoms with Crippen molar-refractivity contribution in [3.05, 3.63) is 65.7 Å². The summed E-state index contributed by atoms with van der Waals surface area (Å²) in [7, 11) is -3.74. The van der Waals surface area contributed by atoms with Gasteiger partial charge in [-0.15, -0.1) is 0 Å². The number of hydrogen-bond acceptors (Lipinski definition) is 7. The number of aliphatic carboxylic acids is 1. The van der Waals surface area contributed by atoms with Crippen molar-refractivity contribution in [2.45, 2.75) is 57.9 Å². The fourth-order valence-corrected chi connectivity index (χ4v) is 4.98. The number of rotatable bonds is 18. The van der Waals surface area contributed by atoms with Gasteiger partial charge in [-0.2, -0.15) is 0 Å². The number of esters is 1. The van der Waals surface area contributed by atoms with E-state index in [0.717, 1.165) is 37.3 Å². The van der Waals surface area contributed by atoms with E-state index in [4.69, 9.17) is 20.3 Å². The topological polar surface area (TPSA) is 145 Å². The van der Waals surface area contributed by atoms with Gasteiger partial charge in [0.1, 0.15) is 17.5 Å². The molecule has 0 aliphatic heterocycles. The van der Waals surface area contributed by atoms with Crippen LogP contribution in [0.5, 0.6) is 11.5 Å². The Kier molecular flexibility index (Phi) is 13.5. The van der Waals surface area contributed by atoms with E-state index in [1.807, 2.05) is 6.92 Å². The van der Waals surface area contributed by atoms with Gasteiger partial charge in [0.25, 0.3) is 0 Å². The Balaban J connectivity index is 2.13. The summed E-state index contributed by atoms with van der Waals surface area (Å²) in [4.78, 5) is 24.1. The van der Waals surface area contributed by atoms with Crippen molar-refractivity contribution in [1.29, 1.82) is 0 Å². The number of unbranched alkanes of at least 4 members (excludes halogenated alkanes) is 4. The third-order valence-electron chi connectivity index (χ3n) is 5.64. The molecule has 0 saturated carbocycles. The number of carbonyl (C=O) groups excluding carboxylic acids is 1. The van der Waals surface area contributed by atoms with Crippen LogP contribution >= 0.6 is 0 Å². The standard InChI is InChI=1S/C28H38N2O7S/c1-2-3-20-38(34,35)30-25(28(33)37-26-11-7-6-10-23(26)14-17-27(31)32)21-22-12-15-24(16-13-22)36-19-9-5-4-8-18-29/h6-7,10-17,25,30H,2-5,8-9,18-21,29H2,1H3,(H,31,32)/b17-14-/t25-/m0/s1. The van der Waals surface area contributed by atoms with Crippen molar-refractivity contribution in [3.8, 4) is 11.5 Å². The Morgan fingerprint density at radius 2 is 1.74 bits per heavy atom. The van der Waals surface area contributed by atoms with Gasteiger partial charge >= 0.3 is 11.9 Å². The zero-order valence-electron chi connectivity index (χ0n) is 21.8. The minimum atomic E-state index is -3.74. The predicted molar refractivity (Wildman–Crippen MR) is 148 cm³/mol. The van der Waals surface area contributed by atoms with Crippen LogP contribution in [-0.4, -0.2) is 50.4 Å². The van der Waals surface area contributed by atoms with Gasteiger partial charge in [0.05, 0.1) is 12.4 Å². The second-order valence-corrected chi connectivity index (χ2v) is 10.7. The van der Waals surface area contributed by atoms with Gasteiger partial charge in [-0.25, -0.2) is 22.7 Å². The highest BCUT2D eigenvalue weighted by molar-refractivity contribution is 7.89. The number of sulfonamides is 1. The van der Waals surface area contributed by atoms with Gasteiger partial charge in [0, 0.05) is 11.6 Å². The summed E-state index contributed by atoms with van der Waals surface area (Å²) in [5, 5.41) is 8.92. The Hall–Kier alpha value is -3.21. The lowest BCUT2D eigenvalue weighted by Gasteiger charge is -2.19. The molecule has 0 spiro atoms. The van der Waals surface area contributed by atoms with E-state index in [0.29, 0.717) is 37.3 Å². The lowest BCUT2D eigenvalue weighted by atomic mass is 10.1. The van der Waals surface area contributed by atoms with Crippen molar-refractivity contribution in [2.24, 2.45) is 5.73 Å². The summed E-state index contributed by atoms with van der Waals surface area (Å²) >= 11 is 0. The molecule has 2 aromatic rings. The van der Waals surface area contributed by atoms with Crippen LogP contribution in [0.3, 0.4) is 0 Å². The predicted octanol–water partition coefficient (Wildman–Crippen LogP) is 3.92. The Labute approximate surface area is 225 Å². The minimum absolute atomic E-state index is 0.0662. The van der Waals surface area contributed by atoms with Crippen molar-refractivity contribution in [3.63, 3.8) is 0 Å². The molecular formula is C28H38N2O7S. The number of para-hydroxylation sites is 1. The fourth-order valence-electron chi connectivity index (χ4n) is 3.58. The molecule has 0 saturated heterocycles. The van der Waals surface area contributed by atoms with Crippen molar-refractivity contribution < 1.29 is 32.6 Å². The van der Waals surface area contributed by atoms with Gasteiger partial charge < -0.3 is 20.3 Å². The van der Waals surface area contributed by atoms with Crippen LogP contribution in [0.1, 0.15) is 56.6 Å². The smallest absolute Gasteiger partial charge is 0.329 e. The molecule has 208 valence electrons. The van der Waals surface area contributed by atoms with Gasteiger partial charge in [-0.05, 0) is 62.1 Å². The molecule has 0 aliphatic carbocycles. The van der Waals surface area contributed by atoms with E-state index in [2.05, 4.69) is 4.72 Å². The molecule has 4 N–H and O–H groups in total. The first-order valence-electron chi connectivity index (χ1n) is 12.9. The van der Waals surface area contributed by atoms with Crippen LogP contribution in [-0.2, 0) is 26.0 Å². The van der Waals surface area contributed by atoms with Crippen LogP contribution in [0.25, 0.3) is 6.08 Å². The number of ether oxygens (including phenoxy) is 2. The molecule has 0 bridgehead atoms. The highest BCUT2D eigenvalue weighted by Crippen LogP contribution is 2.21. The maximum absolute atomic E-state index is 13.2. The van der Waals surface area contributed by atoms with Crippen molar-refractivity contribution in [1.82, 2.24) is 4.72 Å². The maximum atomic E-state index is 13.2. The number of nitrogens with two attached hydrogens (primary N) is 1. The minimum Gasteiger partial charge on any atom is -0.494 e. The monoisotopic (exact) mass is 546 g/mol. The molecule has 0 amide bonds. The van der Waals surface area contributed by atoms with Crippen LogP contribution in [0.4, 0.5) is 0 Å². The molecule has 0 aromatic heterocycles. The lowest BCUT2D eigenvalue weighted by Crippen LogP contribution is -2.45. The third-order valence-corrected chi connectivity index (χ3v) is 7.11. The normalized spacial score (nSPS) is 12.4. The second-order valence-electron chi connectivity index (χ2n) is 8.87. The summed E-state index contributed by atoms with van der Waals surface area (Å²) in [5.74, 6) is -1.23. The van der Waals surface area contributed by atoms with Gasteiger partial charge in [0.15, 0.2) is 0 Å². The Morgan fingerprint density at radius 1 is 1.03 bits per heavy atom. The first kappa shape index (κ1) is 31.0. The molecule has 1 atom stereocenters. The van der Waals surface area contributed by atoms with Gasteiger partial charge in [0.2, 0.25) is 10.0 Å². The highest BCUT2D eigenvalue weighted by atomic mass is 32.2. The van der Waals surface area contributed by atoms with Gasteiger partial charge in [-0.3, -0.25) is 0 Å². The average Bonchev–Trinajstić information content (AvgIpc) is 2.89. The molecule has 10 heteroatoms. The molecule has 2 rings (SSSR count). The Bertz CT molecular complexity index is 1150. The maximum Gasteiger partial charge on any atom is 0.329 e. The summed E-state index contributed by atoms with van der Waals surface area (Å²) in [5.41, 5.74) is 6.60. The lowest BCUT2D eigenvalue weighted by molar-refractivity contribution is -0.136. The summed E-state index contributed by atoms with van der Waals surface area (Å²) in [6.45, 7) is 3.17. The van der Waals surface area contributed by atoms with Crippen LogP contribution in [0, 0.1) is 0 Å². The molecule has 38 heavy (non-hydrogen) atoms. The van der Waals surface area contributed by atoms with Crippen molar-refractivity contribution >= 4 is 28.0 Å². The van der Waals surface area contributed by atoms with Crippen LogP contribution in [0.2, 0.25) is 0 Å². The molecule has 0 heterocycles. The molecule has 0 aliphatic rings. The summed E-state index contributed by atoms with van der Waals surface area (Å²) in [6, 6.07) is 12.4. The number of benzene rings is 2. The van der Waals surface area contributed by atoms with Gasteiger partial charge in [-0.1, -0.05) is 56.5 Å².